The van der Waals surface area contributed by atoms with Crippen molar-refractivity contribution in [3.63, 3.8) is 0 Å². The minimum atomic E-state index is 0.0614. The van der Waals surface area contributed by atoms with Gasteiger partial charge < -0.3 is 15.5 Å². The molecule has 16 heavy (non-hydrogen) atoms. The van der Waals surface area contributed by atoms with Gasteiger partial charge in [-0.05, 0) is 33.0 Å². The molecule has 4 heteroatoms. The van der Waals surface area contributed by atoms with Crippen molar-refractivity contribution in [2.45, 2.75) is 26.2 Å². The molecule has 2 N–H and O–H groups in total. The fourth-order valence-electron chi connectivity index (χ4n) is 2.09. The number of carbonyl (C=O) groups is 1. The maximum absolute atomic E-state index is 11.6. The number of amides is 1. The Morgan fingerprint density at radius 1 is 1.31 bits per heavy atom. The lowest BCUT2D eigenvalue weighted by molar-refractivity contribution is -0.124. The first kappa shape index (κ1) is 13.5. The highest BCUT2D eigenvalue weighted by atomic mass is 16.1. The van der Waals surface area contributed by atoms with Crippen LogP contribution < -0.4 is 10.6 Å². The van der Waals surface area contributed by atoms with E-state index in [0.717, 1.165) is 19.6 Å². The first-order valence-electron chi connectivity index (χ1n) is 6.38. The number of piperidine rings is 1. The van der Waals surface area contributed by atoms with E-state index in [0.29, 0.717) is 0 Å². The van der Waals surface area contributed by atoms with Crippen LogP contribution in [0.4, 0.5) is 0 Å². The van der Waals surface area contributed by atoms with Gasteiger partial charge in [0.1, 0.15) is 0 Å². The number of carbonyl (C=O) groups excluding carboxylic acids is 1. The molecular formula is C12H25N3O. The molecule has 0 saturated carbocycles. The lowest BCUT2D eigenvalue weighted by Crippen LogP contribution is -2.40. The van der Waals surface area contributed by atoms with Gasteiger partial charge in [-0.15, -0.1) is 0 Å². The lowest BCUT2D eigenvalue weighted by Gasteiger charge is -2.26. The number of rotatable bonds is 6. The maximum Gasteiger partial charge on any atom is 0.224 e. The Balaban J connectivity index is 2.07. The molecule has 0 spiro atoms. The molecule has 0 aromatic heterocycles. The van der Waals surface area contributed by atoms with Gasteiger partial charge in [0.2, 0.25) is 5.91 Å². The van der Waals surface area contributed by atoms with E-state index in [9.17, 15) is 4.79 Å². The number of nitrogens with one attached hydrogen (secondary N) is 2. The number of nitrogens with zero attached hydrogens (tertiary/aromatic N) is 1. The second-order valence-corrected chi connectivity index (χ2v) is 4.65. The SMILES string of the molecule is CNCC(C)C(=O)NCCN1CCCCC1. The van der Waals surface area contributed by atoms with Gasteiger partial charge in [-0.25, -0.2) is 0 Å². The third kappa shape index (κ3) is 4.94. The van der Waals surface area contributed by atoms with Crippen LogP contribution in [0.15, 0.2) is 0 Å². The van der Waals surface area contributed by atoms with Crippen LogP contribution in [-0.4, -0.2) is 50.6 Å². The van der Waals surface area contributed by atoms with Crippen molar-refractivity contribution in [3.8, 4) is 0 Å². The van der Waals surface area contributed by atoms with E-state index in [1.165, 1.54) is 32.4 Å². The van der Waals surface area contributed by atoms with Gasteiger partial charge >= 0.3 is 0 Å². The summed E-state index contributed by atoms with van der Waals surface area (Å²) < 4.78 is 0. The molecule has 0 aromatic rings. The number of hydrogen-bond acceptors (Lipinski definition) is 3. The molecule has 0 bridgehead atoms. The van der Waals surface area contributed by atoms with Crippen molar-refractivity contribution in [2.24, 2.45) is 5.92 Å². The Labute approximate surface area is 98.8 Å². The van der Waals surface area contributed by atoms with Crippen molar-refractivity contribution in [2.75, 3.05) is 39.8 Å². The van der Waals surface area contributed by atoms with E-state index in [-0.39, 0.29) is 11.8 Å². The summed E-state index contributed by atoms with van der Waals surface area (Å²) >= 11 is 0. The average molecular weight is 227 g/mol. The molecule has 1 aliphatic rings. The monoisotopic (exact) mass is 227 g/mol. The van der Waals surface area contributed by atoms with Crippen LogP contribution in [0.25, 0.3) is 0 Å². The molecule has 1 atom stereocenters. The summed E-state index contributed by atoms with van der Waals surface area (Å²) in [5, 5.41) is 6.01. The van der Waals surface area contributed by atoms with Crippen LogP contribution in [0.3, 0.4) is 0 Å². The van der Waals surface area contributed by atoms with E-state index >= 15 is 0 Å². The zero-order valence-corrected chi connectivity index (χ0v) is 10.6. The smallest absolute Gasteiger partial charge is 0.224 e. The zero-order valence-electron chi connectivity index (χ0n) is 10.6. The number of hydrogen-bond donors (Lipinski definition) is 2. The van der Waals surface area contributed by atoms with Gasteiger partial charge in [-0.2, -0.15) is 0 Å². The van der Waals surface area contributed by atoms with Crippen molar-refractivity contribution in [3.05, 3.63) is 0 Å². The lowest BCUT2D eigenvalue weighted by atomic mass is 10.1. The molecule has 1 aliphatic heterocycles. The standard InChI is InChI=1S/C12H25N3O/c1-11(10-13-2)12(16)14-6-9-15-7-4-3-5-8-15/h11,13H,3-10H2,1-2H3,(H,14,16). The molecule has 1 amide bonds. The van der Waals surface area contributed by atoms with Gasteiger partial charge in [0.15, 0.2) is 0 Å². The third-order valence-corrected chi connectivity index (χ3v) is 3.13. The topological polar surface area (TPSA) is 44.4 Å². The van der Waals surface area contributed by atoms with Crippen molar-refractivity contribution >= 4 is 5.91 Å². The molecule has 0 aliphatic carbocycles. The van der Waals surface area contributed by atoms with Gasteiger partial charge in [0, 0.05) is 25.6 Å². The summed E-state index contributed by atoms with van der Waals surface area (Å²) in [6.07, 6.45) is 3.98. The molecule has 0 aromatic carbocycles. The molecule has 1 heterocycles. The molecule has 1 fully saturated rings. The van der Waals surface area contributed by atoms with Crippen molar-refractivity contribution in [1.29, 1.82) is 0 Å². The summed E-state index contributed by atoms with van der Waals surface area (Å²) in [5.74, 6) is 0.220. The third-order valence-electron chi connectivity index (χ3n) is 3.13. The largest absolute Gasteiger partial charge is 0.355 e. The molecule has 0 radical (unpaired) electrons. The summed E-state index contributed by atoms with van der Waals surface area (Å²) in [6, 6.07) is 0. The molecule has 1 rings (SSSR count). The van der Waals surface area contributed by atoms with Gasteiger partial charge in [-0.3, -0.25) is 4.79 Å². The normalized spacial score (nSPS) is 19.4. The number of likely N-dealkylation sites (tertiary alicyclic amines) is 1. The summed E-state index contributed by atoms with van der Waals surface area (Å²) in [7, 11) is 1.87. The van der Waals surface area contributed by atoms with Crippen LogP contribution in [-0.2, 0) is 4.79 Å². The predicted octanol–water partition coefficient (Wildman–Crippen LogP) is 0.444. The maximum atomic E-state index is 11.6. The van der Waals surface area contributed by atoms with E-state index in [1.807, 2.05) is 14.0 Å². The van der Waals surface area contributed by atoms with E-state index < -0.39 is 0 Å². The second kappa shape index (κ2) is 7.63. The Bertz CT molecular complexity index is 202. The van der Waals surface area contributed by atoms with Gasteiger partial charge in [0.05, 0.1) is 0 Å². The fourth-order valence-corrected chi connectivity index (χ4v) is 2.09. The molecule has 94 valence electrons. The highest BCUT2D eigenvalue weighted by molar-refractivity contribution is 5.78. The fraction of sp³-hybridized carbons (Fsp3) is 0.917. The molecule has 1 saturated heterocycles. The quantitative estimate of drug-likeness (QED) is 0.692. The first-order chi connectivity index (χ1) is 7.74. The van der Waals surface area contributed by atoms with Crippen molar-refractivity contribution < 1.29 is 4.79 Å². The summed E-state index contributed by atoms with van der Waals surface area (Å²) in [5.41, 5.74) is 0. The highest BCUT2D eigenvalue weighted by Crippen LogP contribution is 2.07. The first-order valence-corrected chi connectivity index (χ1v) is 6.38. The summed E-state index contributed by atoms with van der Waals surface area (Å²) in [4.78, 5) is 14.0. The Hall–Kier alpha value is -0.610. The van der Waals surface area contributed by atoms with Crippen LogP contribution in [0, 0.1) is 5.92 Å². The minimum Gasteiger partial charge on any atom is -0.355 e. The Morgan fingerprint density at radius 2 is 2.00 bits per heavy atom. The molecule has 4 nitrogen and oxygen atoms in total. The van der Waals surface area contributed by atoms with Crippen LogP contribution in [0.1, 0.15) is 26.2 Å². The van der Waals surface area contributed by atoms with Crippen LogP contribution >= 0.6 is 0 Å². The Kier molecular flexibility index (Phi) is 6.42. The average Bonchev–Trinajstić information content (AvgIpc) is 2.30. The van der Waals surface area contributed by atoms with E-state index in [1.54, 1.807) is 0 Å². The van der Waals surface area contributed by atoms with Gasteiger partial charge in [0.25, 0.3) is 0 Å². The van der Waals surface area contributed by atoms with E-state index in [4.69, 9.17) is 0 Å². The van der Waals surface area contributed by atoms with Crippen LogP contribution in [0.5, 0.6) is 0 Å². The van der Waals surface area contributed by atoms with Crippen LogP contribution in [0.2, 0.25) is 0 Å². The predicted molar refractivity (Wildman–Crippen MR) is 66.4 cm³/mol. The van der Waals surface area contributed by atoms with Gasteiger partial charge in [-0.1, -0.05) is 13.3 Å². The minimum absolute atomic E-state index is 0.0614. The zero-order chi connectivity index (χ0) is 11.8. The second-order valence-electron chi connectivity index (χ2n) is 4.65. The molecular weight excluding hydrogens is 202 g/mol. The van der Waals surface area contributed by atoms with Crippen molar-refractivity contribution in [1.82, 2.24) is 15.5 Å². The summed E-state index contributed by atoms with van der Waals surface area (Å²) in [6.45, 7) is 6.87. The highest BCUT2D eigenvalue weighted by Gasteiger charge is 2.12. The van der Waals surface area contributed by atoms with E-state index in [2.05, 4.69) is 15.5 Å². The molecule has 1 unspecified atom stereocenters. The Morgan fingerprint density at radius 3 is 2.62 bits per heavy atom.